The smallest absolute Gasteiger partial charge is 0.220 e. The SMILES string of the molecule is CCN1CCN(Cn2nc(C34CC5CC(CC(C5)C3)C4)n(/N=C/c3c(F)cccc3F)c2=S)CC1. The molecule has 2 heterocycles. The first-order valence-electron chi connectivity index (χ1n) is 13.1. The molecule has 0 atom stereocenters. The van der Waals surface area contributed by atoms with Gasteiger partial charge in [-0.1, -0.05) is 13.0 Å². The van der Waals surface area contributed by atoms with E-state index in [0.717, 1.165) is 75.6 Å². The Hall–Kier alpha value is -1.97. The second kappa shape index (κ2) is 9.16. The summed E-state index contributed by atoms with van der Waals surface area (Å²) in [6.07, 6.45) is 8.59. The van der Waals surface area contributed by atoms with Crippen molar-refractivity contribution >= 4 is 18.4 Å². The van der Waals surface area contributed by atoms with Gasteiger partial charge in [0.25, 0.3) is 0 Å². The van der Waals surface area contributed by atoms with Crippen LogP contribution >= 0.6 is 12.2 Å². The van der Waals surface area contributed by atoms with Crippen molar-refractivity contribution in [2.75, 3.05) is 32.7 Å². The molecule has 2 aromatic rings. The summed E-state index contributed by atoms with van der Waals surface area (Å²) in [5, 5.41) is 9.70. The molecule has 0 amide bonds. The second-order valence-corrected chi connectivity index (χ2v) is 11.6. The molecule has 9 heteroatoms. The van der Waals surface area contributed by atoms with Crippen molar-refractivity contribution in [3.63, 3.8) is 0 Å². The van der Waals surface area contributed by atoms with Crippen molar-refractivity contribution in [1.29, 1.82) is 0 Å². The lowest BCUT2D eigenvalue weighted by Crippen LogP contribution is -2.49. The number of benzene rings is 1. The fourth-order valence-electron chi connectivity index (χ4n) is 7.50. The van der Waals surface area contributed by atoms with E-state index in [-0.39, 0.29) is 11.0 Å². The summed E-state index contributed by atoms with van der Waals surface area (Å²) in [5.74, 6) is 1.85. The molecule has 1 aromatic carbocycles. The summed E-state index contributed by atoms with van der Waals surface area (Å²) < 4.78 is 32.8. The van der Waals surface area contributed by atoms with Crippen molar-refractivity contribution in [2.24, 2.45) is 22.9 Å². The molecule has 4 aliphatic carbocycles. The third-order valence-electron chi connectivity index (χ3n) is 8.88. The average molecular weight is 501 g/mol. The Labute approximate surface area is 210 Å². The van der Waals surface area contributed by atoms with Gasteiger partial charge in [-0.15, -0.1) is 0 Å². The molecular formula is C26H34F2N6S. The average Bonchev–Trinajstić information content (AvgIpc) is 3.14. The van der Waals surface area contributed by atoms with Crippen LogP contribution < -0.4 is 0 Å². The van der Waals surface area contributed by atoms with Crippen LogP contribution in [0.25, 0.3) is 0 Å². The van der Waals surface area contributed by atoms with Gasteiger partial charge in [0.2, 0.25) is 4.77 Å². The van der Waals surface area contributed by atoms with Crippen LogP contribution in [0.15, 0.2) is 23.3 Å². The number of nitrogens with zero attached hydrogens (tertiary/aromatic N) is 6. The minimum Gasteiger partial charge on any atom is -0.301 e. The maximum absolute atomic E-state index is 14.3. The van der Waals surface area contributed by atoms with Crippen molar-refractivity contribution < 1.29 is 8.78 Å². The number of rotatable bonds is 6. The Bertz CT molecular complexity index is 1120. The van der Waals surface area contributed by atoms with Gasteiger partial charge in [-0.05, 0) is 87.2 Å². The van der Waals surface area contributed by atoms with E-state index < -0.39 is 11.6 Å². The van der Waals surface area contributed by atoms with Gasteiger partial charge >= 0.3 is 0 Å². The quantitative estimate of drug-likeness (QED) is 0.428. The molecule has 4 saturated carbocycles. The topological polar surface area (TPSA) is 41.6 Å². The van der Waals surface area contributed by atoms with Crippen LogP contribution in [-0.2, 0) is 12.1 Å². The van der Waals surface area contributed by atoms with Crippen LogP contribution in [0.3, 0.4) is 0 Å². The molecule has 0 radical (unpaired) electrons. The van der Waals surface area contributed by atoms with E-state index in [2.05, 4.69) is 21.8 Å². The zero-order valence-corrected chi connectivity index (χ0v) is 21.2. The number of aromatic nitrogens is 3. The van der Waals surface area contributed by atoms with Crippen LogP contribution in [0.2, 0.25) is 0 Å². The van der Waals surface area contributed by atoms with Gasteiger partial charge in [0.15, 0.2) is 5.82 Å². The van der Waals surface area contributed by atoms with Crippen molar-refractivity contribution in [2.45, 2.75) is 57.5 Å². The first-order valence-corrected chi connectivity index (χ1v) is 13.5. The van der Waals surface area contributed by atoms with Crippen LogP contribution in [0.5, 0.6) is 0 Å². The summed E-state index contributed by atoms with van der Waals surface area (Å²) in [4.78, 5) is 4.82. The monoisotopic (exact) mass is 500 g/mol. The molecule has 1 saturated heterocycles. The zero-order valence-electron chi connectivity index (χ0n) is 20.4. The largest absolute Gasteiger partial charge is 0.301 e. The maximum atomic E-state index is 14.3. The molecule has 35 heavy (non-hydrogen) atoms. The molecule has 188 valence electrons. The Kier molecular flexibility index (Phi) is 6.13. The lowest BCUT2D eigenvalue weighted by Gasteiger charge is -2.55. The summed E-state index contributed by atoms with van der Waals surface area (Å²) in [5.41, 5.74) is -0.186. The molecule has 5 fully saturated rings. The standard InChI is InChI=1S/C26H34F2N6S/c1-2-31-6-8-32(9-7-31)17-33-25(35)34(29-16-21-22(27)4-3-5-23(21)28)24(30-33)26-13-18-10-19(14-26)12-20(11-18)15-26/h3-5,16,18-20H,2,6-15,17H2,1H3/b29-16+. The number of hydrogen-bond donors (Lipinski definition) is 0. The number of halogens is 2. The van der Waals surface area contributed by atoms with Gasteiger partial charge in [0.05, 0.1) is 18.4 Å². The highest BCUT2D eigenvalue weighted by Gasteiger charge is 2.54. The van der Waals surface area contributed by atoms with Gasteiger partial charge in [0.1, 0.15) is 11.6 Å². The van der Waals surface area contributed by atoms with Crippen LogP contribution in [0.1, 0.15) is 56.8 Å². The van der Waals surface area contributed by atoms with Gasteiger partial charge in [-0.25, -0.2) is 13.5 Å². The normalized spacial score (nSPS) is 31.1. The highest BCUT2D eigenvalue weighted by Crippen LogP contribution is 2.60. The first kappa shape index (κ1) is 23.4. The highest BCUT2D eigenvalue weighted by molar-refractivity contribution is 7.71. The molecule has 0 unspecified atom stereocenters. The van der Waals surface area contributed by atoms with E-state index in [9.17, 15) is 8.78 Å². The summed E-state index contributed by atoms with van der Waals surface area (Å²) in [6, 6.07) is 3.87. The third-order valence-corrected chi connectivity index (χ3v) is 9.26. The van der Waals surface area contributed by atoms with Crippen LogP contribution in [0.4, 0.5) is 8.78 Å². The Balaban J connectivity index is 1.37. The predicted molar refractivity (Wildman–Crippen MR) is 134 cm³/mol. The molecule has 1 aromatic heterocycles. The van der Waals surface area contributed by atoms with Gasteiger partial charge in [-0.2, -0.15) is 14.9 Å². The maximum Gasteiger partial charge on any atom is 0.220 e. The van der Waals surface area contributed by atoms with E-state index in [1.807, 2.05) is 4.68 Å². The molecule has 7 rings (SSSR count). The third kappa shape index (κ3) is 4.29. The van der Waals surface area contributed by atoms with Crippen molar-refractivity contribution in [1.82, 2.24) is 24.3 Å². The number of hydrogen-bond acceptors (Lipinski definition) is 5. The molecule has 0 spiro atoms. The Morgan fingerprint density at radius 1 is 1.00 bits per heavy atom. The minimum atomic E-state index is -0.627. The van der Waals surface area contributed by atoms with Gasteiger partial charge in [0, 0.05) is 31.6 Å². The lowest BCUT2D eigenvalue weighted by atomic mass is 9.49. The van der Waals surface area contributed by atoms with E-state index in [1.165, 1.54) is 43.7 Å². The van der Waals surface area contributed by atoms with E-state index in [0.29, 0.717) is 11.4 Å². The molecular weight excluding hydrogens is 466 g/mol. The van der Waals surface area contributed by atoms with E-state index in [4.69, 9.17) is 17.3 Å². The summed E-state index contributed by atoms with van der Waals surface area (Å²) in [7, 11) is 0. The van der Waals surface area contributed by atoms with Gasteiger partial charge in [-0.3, -0.25) is 4.90 Å². The van der Waals surface area contributed by atoms with Crippen LogP contribution in [-0.4, -0.2) is 63.2 Å². The second-order valence-electron chi connectivity index (χ2n) is 11.2. The lowest BCUT2D eigenvalue weighted by molar-refractivity contribution is -0.0112. The van der Waals surface area contributed by atoms with E-state index in [1.54, 1.807) is 4.68 Å². The fraction of sp³-hybridized carbons (Fsp3) is 0.654. The predicted octanol–water partition coefficient (Wildman–Crippen LogP) is 4.64. The number of piperazine rings is 1. The summed E-state index contributed by atoms with van der Waals surface area (Å²) in [6.45, 7) is 7.90. The zero-order chi connectivity index (χ0) is 24.2. The van der Waals surface area contributed by atoms with Crippen molar-refractivity contribution in [3.8, 4) is 0 Å². The van der Waals surface area contributed by atoms with Gasteiger partial charge < -0.3 is 4.90 Å². The molecule has 4 bridgehead atoms. The van der Waals surface area contributed by atoms with E-state index >= 15 is 0 Å². The first-order chi connectivity index (χ1) is 16.9. The fourth-order valence-corrected chi connectivity index (χ4v) is 7.73. The Morgan fingerprint density at radius 2 is 1.57 bits per heavy atom. The number of likely N-dealkylation sites (N-methyl/N-ethyl adjacent to an activating group) is 1. The Morgan fingerprint density at radius 3 is 2.14 bits per heavy atom. The minimum absolute atomic E-state index is 0.0421. The molecule has 6 nitrogen and oxygen atoms in total. The molecule has 1 aliphatic heterocycles. The molecule has 0 N–H and O–H groups in total. The molecule has 5 aliphatic rings. The van der Waals surface area contributed by atoms with Crippen LogP contribution in [0, 0.1) is 34.2 Å². The highest BCUT2D eigenvalue weighted by atomic mass is 32.1. The van der Waals surface area contributed by atoms with Crippen molar-refractivity contribution in [3.05, 3.63) is 46.0 Å². The summed E-state index contributed by atoms with van der Waals surface area (Å²) >= 11 is 5.89.